The lowest BCUT2D eigenvalue weighted by Crippen LogP contribution is -2.09. The molecule has 0 aliphatic carbocycles. The number of ether oxygens (including phenoxy) is 1. The molecule has 108 valence electrons. The van der Waals surface area contributed by atoms with Crippen LogP contribution in [0.3, 0.4) is 0 Å². The first kappa shape index (κ1) is 14.5. The third-order valence-corrected chi connectivity index (χ3v) is 2.64. The van der Waals surface area contributed by atoms with Crippen LogP contribution in [0.4, 0.5) is 0 Å². The maximum Gasteiger partial charge on any atom is 0.341 e. The Morgan fingerprint density at radius 2 is 1.52 bits per heavy atom. The van der Waals surface area contributed by atoms with Gasteiger partial charge in [0.2, 0.25) is 0 Å². The second kappa shape index (κ2) is 6.47. The molecule has 5 heteroatoms. The summed E-state index contributed by atoms with van der Waals surface area (Å²) in [6.07, 6.45) is 3.54. The molecule has 0 aliphatic heterocycles. The molecule has 0 spiro atoms. The predicted octanol–water partition coefficient (Wildman–Crippen LogP) is 2.73. The van der Waals surface area contributed by atoms with Crippen molar-refractivity contribution >= 4 is 18.1 Å². The first-order valence-electron chi connectivity index (χ1n) is 6.19. The molecule has 0 aromatic heterocycles. The van der Waals surface area contributed by atoms with Crippen molar-refractivity contribution < 1.29 is 24.9 Å². The monoisotopic (exact) mass is 286 g/mol. The van der Waals surface area contributed by atoms with Crippen molar-refractivity contribution in [1.82, 2.24) is 0 Å². The summed E-state index contributed by atoms with van der Waals surface area (Å²) in [5.41, 5.74) is 1.54. The van der Waals surface area contributed by atoms with E-state index in [4.69, 9.17) is 9.84 Å². The van der Waals surface area contributed by atoms with Gasteiger partial charge in [0, 0.05) is 6.07 Å². The first-order chi connectivity index (χ1) is 10.0. The highest BCUT2D eigenvalue weighted by Crippen LogP contribution is 2.22. The molecule has 0 saturated carbocycles. The summed E-state index contributed by atoms with van der Waals surface area (Å²) in [5, 5.41) is 27.3. The van der Waals surface area contributed by atoms with Crippen LogP contribution in [0.1, 0.15) is 11.1 Å². The van der Waals surface area contributed by atoms with E-state index in [-0.39, 0.29) is 18.1 Å². The average Bonchev–Trinajstić information content (AvgIpc) is 2.43. The van der Waals surface area contributed by atoms with Crippen LogP contribution in [0.2, 0.25) is 0 Å². The molecular formula is C16H14O5. The molecule has 0 bridgehead atoms. The van der Waals surface area contributed by atoms with E-state index >= 15 is 0 Å². The number of phenolic OH excluding ortho intramolecular Hbond substituents is 2. The van der Waals surface area contributed by atoms with Crippen molar-refractivity contribution in [2.75, 3.05) is 6.61 Å². The normalized spacial score (nSPS) is 10.7. The SMILES string of the molecule is O=C(O)COc1ccc(/C=C/c2cc(O)cc(O)c2)cc1. The van der Waals surface area contributed by atoms with Gasteiger partial charge in [0.1, 0.15) is 17.2 Å². The summed E-state index contributed by atoms with van der Waals surface area (Å²) in [6.45, 7) is -0.377. The molecule has 0 saturated heterocycles. The molecule has 2 aromatic carbocycles. The van der Waals surface area contributed by atoms with Crippen LogP contribution in [-0.4, -0.2) is 27.9 Å². The number of rotatable bonds is 5. The zero-order valence-corrected chi connectivity index (χ0v) is 11.1. The zero-order chi connectivity index (χ0) is 15.2. The molecule has 0 fully saturated rings. The van der Waals surface area contributed by atoms with Crippen molar-refractivity contribution in [2.24, 2.45) is 0 Å². The summed E-state index contributed by atoms with van der Waals surface area (Å²) in [5.74, 6) is -0.564. The molecule has 0 heterocycles. The first-order valence-corrected chi connectivity index (χ1v) is 6.19. The maximum atomic E-state index is 10.4. The fraction of sp³-hybridized carbons (Fsp3) is 0.0625. The molecule has 3 N–H and O–H groups in total. The summed E-state index contributed by atoms with van der Waals surface area (Å²) < 4.78 is 5.03. The third kappa shape index (κ3) is 4.58. The Balaban J connectivity index is 2.05. The standard InChI is InChI=1S/C16H14O5/c17-13-7-12(8-14(18)9-13)2-1-11-3-5-15(6-4-11)21-10-16(19)20/h1-9,17-18H,10H2,(H,19,20)/b2-1+. The van der Waals surface area contributed by atoms with Crippen LogP contribution >= 0.6 is 0 Å². The number of carboxylic acids is 1. The van der Waals surface area contributed by atoms with Gasteiger partial charge in [-0.3, -0.25) is 0 Å². The topological polar surface area (TPSA) is 87.0 Å². The van der Waals surface area contributed by atoms with Gasteiger partial charge in [0.05, 0.1) is 0 Å². The van der Waals surface area contributed by atoms with Crippen molar-refractivity contribution in [2.45, 2.75) is 0 Å². The molecule has 0 unspecified atom stereocenters. The molecule has 0 atom stereocenters. The molecule has 0 amide bonds. The fourth-order valence-corrected chi connectivity index (χ4v) is 1.73. The van der Waals surface area contributed by atoms with Crippen molar-refractivity contribution in [3.05, 3.63) is 53.6 Å². The van der Waals surface area contributed by atoms with Crippen LogP contribution in [0.5, 0.6) is 17.2 Å². The minimum atomic E-state index is -1.03. The van der Waals surface area contributed by atoms with Gasteiger partial charge in [-0.15, -0.1) is 0 Å². The third-order valence-electron chi connectivity index (χ3n) is 2.64. The number of benzene rings is 2. The minimum Gasteiger partial charge on any atom is -0.508 e. The van der Waals surface area contributed by atoms with E-state index in [1.807, 2.05) is 0 Å². The second-order valence-electron chi connectivity index (χ2n) is 4.37. The van der Waals surface area contributed by atoms with E-state index in [9.17, 15) is 15.0 Å². The number of hydrogen-bond acceptors (Lipinski definition) is 4. The number of carboxylic acid groups (broad SMARTS) is 1. The average molecular weight is 286 g/mol. The Morgan fingerprint density at radius 1 is 0.952 bits per heavy atom. The molecule has 0 aliphatic rings. The maximum absolute atomic E-state index is 10.4. The van der Waals surface area contributed by atoms with E-state index < -0.39 is 5.97 Å². The number of aliphatic carboxylic acids is 1. The molecule has 0 radical (unpaired) electrons. The molecule has 2 aromatic rings. The van der Waals surface area contributed by atoms with Gasteiger partial charge in [0.15, 0.2) is 6.61 Å². The fourth-order valence-electron chi connectivity index (χ4n) is 1.73. The number of hydrogen-bond donors (Lipinski definition) is 3. The van der Waals surface area contributed by atoms with Crippen LogP contribution in [0, 0.1) is 0 Å². The zero-order valence-electron chi connectivity index (χ0n) is 11.1. The van der Waals surface area contributed by atoms with E-state index in [2.05, 4.69) is 0 Å². The summed E-state index contributed by atoms with van der Waals surface area (Å²) >= 11 is 0. The van der Waals surface area contributed by atoms with Crippen molar-refractivity contribution in [3.8, 4) is 17.2 Å². The Kier molecular flexibility index (Phi) is 4.46. The van der Waals surface area contributed by atoms with E-state index in [0.717, 1.165) is 5.56 Å². The minimum absolute atomic E-state index is 0.00734. The van der Waals surface area contributed by atoms with E-state index in [1.165, 1.54) is 18.2 Å². The van der Waals surface area contributed by atoms with E-state index in [0.29, 0.717) is 11.3 Å². The lowest BCUT2D eigenvalue weighted by atomic mass is 10.1. The Labute approximate surface area is 121 Å². The largest absolute Gasteiger partial charge is 0.508 e. The van der Waals surface area contributed by atoms with Crippen LogP contribution in [0.15, 0.2) is 42.5 Å². The molecule has 21 heavy (non-hydrogen) atoms. The molecule has 5 nitrogen and oxygen atoms in total. The van der Waals surface area contributed by atoms with Gasteiger partial charge < -0.3 is 20.1 Å². The van der Waals surface area contributed by atoms with Crippen LogP contribution < -0.4 is 4.74 Å². The van der Waals surface area contributed by atoms with Gasteiger partial charge in [-0.25, -0.2) is 4.79 Å². The summed E-state index contributed by atoms with van der Waals surface area (Å²) in [6, 6.07) is 11.2. The summed E-state index contributed by atoms with van der Waals surface area (Å²) in [7, 11) is 0. The highest BCUT2D eigenvalue weighted by Gasteiger charge is 1.99. The smallest absolute Gasteiger partial charge is 0.341 e. The molecular weight excluding hydrogens is 272 g/mol. The van der Waals surface area contributed by atoms with Gasteiger partial charge >= 0.3 is 5.97 Å². The summed E-state index contributed by atoms with van der Waals surface area (Å²) in [4.78, 5) is 10.4. The Morgan fingerprint density at radius 3 is 2.10 bits per heavy atom. The highest BCUT2D eigenvalue weighted by atomic mass is 16.5. The number of carbonyl (C=O) groups is 1. The van der Waals surface area contributed by atoms with Crippen LogP contribution in [-0.2, 0) is 4.79 Å². The quantitative estimate of drug-likeness (QED) is 0.736. The lowest BCUT2D eigenvalue weighted by molar-refractivity contribution is -0.139. The van der Waals surface area contributed by atoms with Gasteiger partial charge in [-0.2, -0.15) is 0 Å². The van der Waals surface area contributed by atoms with Gasteiger partial charge in [-0.05, 0) is 35.4 Å². The van der Waals surface area contributed by atoms with Crippen LogP contribution in [0.25, 0.3) is 12.2 Å². The lowest BCUT2D eigenvalue weighted by Gasteiger charge is -2.03. The highest BCUT2D eigenvalue weighted by molar-refractivity contribution is 5.71. The molecule has 2 rings (SSSR count). The number of aromatic hydroxyl groups is 2. The van der Waals surface area contributed by atoms with Gasteiger partial charge in [-0.1, -0.05) is 24.3 Å². The van der Waals surface area contributed by atoms with Gasteiger partial charge in [0.25, 0.3) is 0 Å². The van der Waals surface area contributed by atoms with E-state index in [1.54, 1.807) is 36.4 Å². The Hall–Kier alpha value is -2.95. The second-order valence-corrected chi connectivity index (χ2v) is 4.37. The number of phenols is 2. The predicted molar refractivity (Wildman–Crippen MR) is 78.3 cm³/mol. The Bertz CT molecular complexity index is 639. The van der Waals surface area contributed by atoms with Crippen molar-refractivity contribution in [1.29, 1.82) is 0 Å². The van der Waals surface area contributed by atoms with Crippen molar-refractivity contribution in [3.63, 3.8) is 0 Å².